The van der Waals surface area contributed by atoms with Gasteiger partial charge in [-0.3, -0.25) is 0 Å². The van der Waals surface area contributed by atoms with Crippen LogP contribution >= 0.6 is 0 Å². The minimum Gasteiger partial charge on any atom is -0.492 e. The number of nitrogens with one attached hydrogen (secondary N) is 1. The van der Waals surface area contributed by atoms with Crippen molar-refractivity contribution in [2.45, 2.75) is 6.42 Å². The van der Waals surface area contributed by atoms with Gasteiger partial charge < -0.3 is 15.2 Å². The van der Waals surface area contributed by atoms with Crippen molar-refractivity contribution in [2.75, 3.05) is 19.7 Å². The van der Waals surface area contributed by atoms with Crippen molar-refractivity contribution >= 4 is 5.97 Å². The normalized spacial score (nSPS) is 10.3. The third-order valence-corrected chi connectivity index (χ3v) is 3.11. The van der Waals surface area contributed by atoms with Crippen molar-refractivity contribution in [3.8, 4) is 5.75 Å². The van der Waals surface area contributed by atoms with Gasteiger partial charge in [0.2, 0.25) is 0 Å². The molecular formula is C17H19NO3. The first-order valence-corrected chi connectivity index (χ1v) is 6.97. The fraction of sp³-hybridized carbons (Fsp3) is 0.235. The molecule has 0 aromatic heterocycles. The molecule has 0 bridgehead atoms. The van der Waals surface area contributed by atoms with E-state index < -0.39 is 5.97 Å². The van der Waals surface area contributed by atoms with Crippen LogP contribution in [0.25, 0.3) is 0 Å². The predicted molar refractivity (Wildman–Crippen MR) is 81.9 cm³/mol. The molecule has 2 N–H and O–H groups in total. The Bertz CT molecular complexity index is 569. The number of aromatic carboxylic acids is 1. The minimum absolute atomic E-state index is 0.375. The van der Waals surface area contributed by atoms with E-state index in [1.165, 1.54) is 0 Å². The number of hydrogen-bond acceptors (Lipinski definition) is 3. The average Bonchev–Trinajstić information content (AvgIpc) is 2.52. The second kappa shape index (κ2) is 8.07. The molecule has 0 fully saturated rings. The van der Waals surface area contributed by atoms with Crippen LogP contribution in [0.3, 0.4) is 0 Å². The molecule has 0 heterocycles. The second-order valence-corrected chi connectivity index (χ2v) is 4.62. The summed E-state index contributed by atoms with van der Waals surface area (Å²) in [5.41, 5.74) is 1.22. The second-order valence-electron chi connectivity index (χ2n) is 4.62. The average molecular weight is 285 g/mol. The molecule has 0 unspecified atom stereocenters. The zero-order valence-corrected chi connectivity index (χ0v) is 11.8. The molecular weight excluding hydrogens is 266 g/mol. The molecule has 0 radical (unpaired) electrons. The Morgan fingerprint density at radius 2 is 1.71 bits per heavy atom. The van der Waals surface area contributed by atoms with E-state index in [2.05, 4.69) is 5.32 Å². The third-order valence-electron chi connectivity index (χ3n) is 3.11. The van der Waals surface area contributed by atoms with Gasteiger partial charge >= 0.3 is 5.97 Å². The van der Waals surface area contributed by atoms with Gasteiger partial charge in [-0.2, -0.15) is 0 Å². The lowest BCUT2D eigenvalue weighted by atomic mass is 10.0. The molecule has 2 rings (SSSR count). The highest BCUT2D eigenvalue weighted by molar-refractivity contribution is 5.89. The van der Waals surface area contributed by atoms with Gasteiger partial charge in [-0.1, -0.05) is 36.4 Å². The maximum atomic E-state index is 11.1. The fourth-order valence-corrected chi connectivity index (χ4v) is 2.05. The van der Waals surface area contributed by atoms with Gasteiger partial charge in [0.25, 0.3) is 0 Å². The number of para-hydroxylation sites is 1. The van der Waals surface area contributed by atoms with E-state index in [9.17, 15) is 4.79 Å². The summed E-state index contributed by atoms with van der Waals surface area (Å²) in [6.45, 7) is 2.04. The first-order valence-electron chi connectivity index (χ1n) is 6.97. The Morgan fingerprint density at radius 3 is 2.48 bits per heavy atom. The third kappa shape index (κ3) is 4.93. The first-order chi connectivity index (χ1) is 10.3. The molecule has 0 aliphatic carbocycles. The monoisotopic (exact) mass is 285 g/mol. The summed E-state index contributed by atoms with van der Waals surface area (Å²) >= 11 is 0. The molecule has 0 aliphatic heterocycles. The quantitative estimate of drug-likeness (QED) is 0.732. The molecule has 0 aliphatic rings. The lowest BCUT2D eigenvalue weighted by Crippen LogP contribution is -2.23. The van der Waals surface area contributed by atoms with Gasteiger partial charge in [0.15, 0.2) is 0 Å². The molecule has 2 aromatic carbocycles. The van der Waals surface area contributed by atoms with Crippen LogP contribution in [-0.4, -0.2) is 30.8 Å². The standard InChI is InChI=1S/C17H19NO3/c19-17(20)16-9-5-4-6-14(16)10-11-18-12-13-21-15-7-2-1-3-8-15/h1-9,18H,10-13H2,(H,19,20). The first kappa shape index (κ1) is 15.1. The topological polar surface area (TPSA) is 58.6 Å². The van der Waals surface area contributed by atoms with E-state index in [1.54, 1.807) is 12.1 Å². The summed E-state index contributed by atoms with van der Waals surface area (Å²) in [4.78, 5) is 11.1. The van der Waals surface area contributed by atoms with Crippen LogP contribution in [0.4, 0.5) is 0 Å². The molecule has 4 heteroatoms. The van der Waals surface area contributed by atoms with Gasteiger partial charge in [-0.25, -0.2) is 4.79 Å². The minimum atomic E-state index is -0.877. The predicted octanol–water partition coefficient (Wildman–Crippen LogP) is 2.60. The van der Waals surface area contributed by atoms with Crippen molar-refractivity contribution in [2.24, 2.45) is 0 Å². The number of hydrogen-bond donors (Lipinski definition) is 2. The molecule has 0 saturated heterocycles. The fourth-order valence-electron chi connectivity index (χ4n) is 2.05. The van der Waals surface area contributed by atoms with E-state index in [4.69, 9.17) is 9.84 Å². The van der Waals surface area contributed by atoms with Crippen LogP contribution < -0.4 is 10.1 Å². The molecule has 2 aromatic rings. The Kier molecular flexibility index (Phi) is 5.79. The van der Waals surface area contributed by atoms with Crippen molar-refractivity contribution in [1.82, 2.24) is 5.32 Å². The molecule has 4 nitrogen and oxygen atoms in total. The maximum Gasteiger partial charge on any atom is 0.335 e. The van der Waals surface area contributed by atoms with E-state index in [1.807, 2.05) is 42.5 Å². The van der Waals surface area contributed by atoms with E-state index >= 15 is 0 Å². The van der Waals surface area contributed by atoms with E-state index in [0.717, 1.165) is 24.4 Å². The largest absolute Gasteiger partial charge is 0.492 e. The van der Waals surface area contributed by atoms with Crippen LogP contribution in [0.15, 0.2) is 54.6 Å². The van der Waals surface area contributed by atoms with Crippen molar-refractivity contribution < 1.29 is 14.6 Å². The van der Waals surface area contributed by atoms with Crippen LogP contribution in [0.2, 0.25) is 0 Å². The number of ether oxygens (including phenoxy) is 1. The SMILES string of the molecule is O=C(O)c1ccccc1CCNCCOc1ccccc1. The summed E-state index contributed by atoms with van der Waals surface area (Å²) in [6, 6.07) is 16.8. The molecule has 0 spiro atoms. The molecule has 110 valence electrons. The van der Waals surface area contributed by atoms with Gasteiger partial charge in [0.1, 0.15) is 12.4 Å². The summed E-state index contributed by atoms with van der Waals surface area (Å²) in [7, 11) is 0. The highest BCUT2D eigenvalue weighted by Gasteiger charge is 2.07. The van der Waals surface area contributed by atoms with Crippen LogP contribution in [0.1, 0.15) is 15.9 Å². The maximum absolute atomic E-state index is 11.1. The molecule has 21 heavy (non-hydrogen) atoms. The van der Waals surface area contributed by atoms with Gasteiger partial charge in [0, 0.05) is 6.54 Å². The van der Waals surface area contributed by atoms with Gasteiger partial charge in [0.05, 0.1) is 5.56 Å². The summed E-state index contributed by atoms with van der Waals surface area (Å²) in [5.74, 6) is -0.0199. The van der Waals surface area contributed by atoms with Crippen LogP contribution in [-0.2, 0) is 6.42 Å². The van der Waals surface area contributed by atoms with Gasteiger partial charge in [-0.05, 0) is 36.7 Å². The Morgan fingerprint density at radius 1 is 1.00 bits per heavy atom. The summed E-state index contributed by atoms with van der Waals surface area (Å²) in [6.07, 6.45) is 0.688. The van der Waals surface area contributed by atoms with Gasteiger partial charge in [-0.15, -0.1) is 0 Å². The number of carbonyl (C=O) groups is 1. The smallest absolute Gasteiger partial charge is 0.335 e. The molecule has 0 saturated carbocycles. The van der Waals surface area contributed by atoms with E-state index in [-0.39, 0.29) is 0 Å². The lowest BCUT2D eigenvalue weighted by molar-refractivity contribution is 0.0695. The van der Waals surface area contributed by atoms with Crippen LogP contribution in [0, 0.1) is 0 Å². The van der Waals surface area contributed by atoms with Crippen LogP contribution in [0.5, 0.6) is 5.75 Å². The lowest BCUT2D eigenvalue weighted by Gasteiger charge is -2.08. The summed E-state index contributed by atoms with van der Waals surface area (Å²) < 4.78 is 5.56. The Hall–Kier alpha value is -2.33. The summed E-state index contributed by atoms with van der Waals surface area (Å²) in [5, 5.41) is 12.3. The number of rotatable bonds is 8. The number of carboxylic acid groups (broad SMARTS) is 1. The number of benzene rings is 2. The molecule has 0 amide bonds. The zero-order valence-electron chi connectivity index (χ0n) is 11.8. The molecule has 0 atom stereocenters. The highest BCUT2D eigenvalue weighted by atomic mass is 16.5. The van der Waals surface area contributed by atoms with Crippen molar-refractivity contribution in [3.05, 3.63) is 65.7 Å². The number of carboxylic acids is 1. The van der Waals surface area contributed by atoms with Crippen molar-refractivity contribution in [3.63, 3.8) is 0 Å². The Labute approximate surface area is 124 Å². The highest BCUT2D eigenvalue weighted by Crippen LogP contribution is 2.09. The Balaban J connectivity index is 1.67. The van der Waals surface area contributed by atoms with Crippen molar-refractivity contribution in [1.29, 1.82) is 0 Å². The zero-order chi connectivity index (χ0) is 14.9. The van der Waals surface area contributed by atoms with E-state index in [0.29, 0.717) is 18.6 Å².